The minimum Gasteiger partial charge on any atom is -0.326 e. The molecule has 1 aromatic carbocycles. The van der Waals surface area contributed by atoms with Gasteiger partial charge in [-0.1, -0.05) is 35.7 Å². The molecule has 1 fully saturated rings. The Morgan fingerprint density at radius 3 is 2.94 bits per heavy atom. The van der Waals surface area contributed by atoms with E-state index in [4.69, 9.17) is 5.73 Å². The van der Waals surface area contributed by atoms with Crippen LogP contribution in [0.3, 0.4) is 0 Å². The van der Waals surface area contributed by atoms with Crippen LogP contribution in [0.2, 0.25) is 0 Å². The Hall–Kier alpha value is 0.01000. The SMILES string of the molecule is CC1CCCC(Sc2ccc(Br)cc2CN)C1. The van der Waals surface area contributed by atoms with Gasteiger partial charge in [-0.2, -0.15) is 0 Å². The summed E-state index contributed by atoms with van der Waals surface area (Å²) in [7, 11) is 0. The molecule has 2 rings (SSSR count). The summed E-state index contributed by atoms with van der Waals surface area (Å²) in [5, 5.41) is 0.783. The highest BCUT2D eigenvalue weighted by Gasteiger charge is 2.20. The molecule has 0 aliphatic heterocycles. The maximum atomic E-state index is 5.82. The zero-order valence-corrected chi connectivity index (χ0v) is 12.7. The Balaban J connectivity index is 2.07. The standard InChI is InChI=1S/C14H20BrNS/c1-10-3-2-4-13(7-10)17-14-6-5-12(15)8-11(14)9-16/h5-6,8,10,13H,2-4,7,9,16H2,1H3. The highest BCUT2D eigenvalue weighted by molar-refractivity contribution is 9.10. The third-order valence-electron chi connectivity index (χ3n) is 3.42. The molecular weight excluding hydrogens is 294 g/mol. The molecule has 2 N–H and O–H groups in total. The summed E-state index contributed by atoms with van der Waals surface area (Å²) in [5.74, 6) is 0.887. The Bertz CT molecular complexity index is 380. The van der Waals surface area contributed by atoms with Gasteiger partial charge < -0.3 is 5.73 Å². The van der Waals surface area contributed by atoms with Crippen LogP contribution >= 0.6 is 27.7 Å². The largest absolute Gasteiger partial charge is 0.326 e. The van der Waals surface area contributed by atoms with Crippen molar-refractivity contribution in [2.24, 2.45) is 11.7 Å². The van der Waals surface area contributed by atoms with Crippen LogP contribution in [-0.4, -0.2) is 5.25 Å². The van der Waals surface area contributed by atoms with Gasteiger partial charge in [0.05, 0.1) is 0 Å². The number of hydrogen-bond donors (Lipinski definition) is 1. The van der Waals surface area contributed by atoms with Crippen molar-refractivity contribution in [2.45, 2.75) is 49.3 Å². The fourth-order valence-electron chi connectivity index (χ4n) is 2.49. The van der Waals surface area contributed by atoms with E-state index in [0.717, 1.165) is 15.6 Å². The predicted octanol–water partition coefficient (Wildman–Crippen LogP) is 4.58. The molecule has 0 heterocycles. The summed E-state index contributed by atoms with van der Waals surface area (Å²) in [4.78, 5) is 1.37. The fraction of sp³-hybridized carbons (Fsp3) is 0.571. The van der Waals surface area contributed by atoms with E-state index in [2.05, 4.69) is 41.1 Å². The molecule has 0 aromatic heterocycles. The van der Waals surface area contributed by atoms with Crippen molar-refractivity contribution < 1.29 is 0 Å². The van der Waals surface area contributed by atoms with Gasteiger partial charge in [0.1, 0.15) is 0 Å². The van der Waals surface area contributed by atoms with Crippen LogP contribution in [0.4, 0.5) is 0 Å². The quantitative estimate of drug-likeness (QED) is 0.884. The number of rotatable bonds is 3. The van der Waals surface area contributed by atoms with Crippen molar-refractivity contribution in [1.29, 1.82) is 0 Å². The molecule has 1 aliphatic carbocycles. The number of hydrogen-bond acceptors (Lipinski definition) is 2. The van der Waals surface area contributed by atoms with Gasteiger partial charge in [-0.3, -0.25) is 0 Å². The molecule has 1 saturated carbocycles. The van der Waals surface area contributed by atoms with Crippen LogP contribution in [0.1, 0.15) is 38.2 Å². The Labute approximate surface area is 117 Å². The molecule has 2 unspecified atom stereocenters. The van der Waals surface area contributed by atoms with E-state index in [1.807, 2.05) is 11.8 Å². The molecule has 0 spiro atoms. The van der Waals surface area contributed by atoms with E-state index in [1.54, 1.807) is 0 Å². The van der Waals surface area contributed by atoms with Crippen molar-refractivity contribution in [1.82, 2.24) is 0 Å². The van der Waals surface area contributed by atoms with Gasteiger partial charge in [-0.05, 0) is 42.5 Å². The first kappa shape index (κ1) is 13.4. The van der Waals surface area contributed by atoms with E-state index in [-0.39, 0.29) is 0 Å². The van der Waals surface area contributed by atoms with Crippen LogP contribution in [0.15, 0.2) is 27.6 Å². The summed E-state index contributed by atoms with van der Waals surface area (Å²) in [5.41, 5.74) is 7.08. The molecule has 94 valence electrons. The molecule has 1 nitrogen and oxygen atoms in total. The number of benzene rings is 1. The first-order chi connectivity index (χ1) is 8.19. The van der Waals surface area contributed by atoms with Gasteiger partial charge in [0.2, 0.25) is 0 Å². The highest BCUT2D eigenvalue weighted by atomic mass is 79.9. The van der Waals surface area contributed by atoms with E-state index in [1.165, 1.54) is 36.1 Å². The van der Waals surface area contributed by atoms with E-state index in [0.29, 0.717) is 6.54 Å². The molecule has 0 bridgehead atoms. The molecule has 0 radical (unpaired) electrons. The molecule has 1 aliphatic rings. The minimum atomic E-state index is 0.629. The first-order valence-electron chi connectivity index (χ1n) is 6.34. The normalized spacial score (nSPS) is 24.9. The van der Waals surface area contributed by atoms with E-state index < -0.39 is 0 Å². The third-order valence-corrected chi connectivity index (χ3v) is 5.33. The molecular formula is C14H20BrNS. The van der Waals surface area contributed by atoms with Crippen molar-refractivity contribution in [3.63, 3.8) is 0 Å². The van der Waals surface area contributed by atoms with Gasteiger partial charge >= 0.3 is 0 Å². The smallest absolute Gasteiger partial charge is 0.0189 e. The first-order valence-corrected chi connectivity index (χ1v) is 8.01. The van der Waals surface area contributed by atoms with Gasteiger partial charge in [0.25, 0.3) is 0 Å². The van der Waals surface area contributed by atoms with Gasteiger partial charge in [-0.25, -0.2) is 0 Å². The summed E-state index contributed by atoms with van der Waals surface area (Å²) in [6.07, 6.45) is 5.49. The summed E-state index contributed by atoms with van der Waals surface area (Å²) in [6.45, 7) is 3.00. The van der Waals surface area contributed by atoms with Crippen LogP contribution in [-0.2, 0) is 6.54 Å². The number of thioether (sulfide) groups is 1. The van der Waals surface area contributed by atoms with Gasteiger partial charge in [0.15, 0.2) is 0 Å². The Morgan fingerprint density at radius 1 is 1.41 bits per heavy atom. The lowest BCUT2D eigenvalue weighted by molar-refractivity contribution is 0.394. The maximum absolute atomic E-state index is 5.82. The Kier molecular flexibility index (Phi) is 4.95. The Morgan fingerprint density at radius 2 is 2.24 bits per heavy atom. The lowest BCUT2D eigenvalue weighted by Crippen LogP contribution is -2.15. The van der Waals surface area contributed by atoms with Crippen LogP contribution in [0.25, 0.3) is 0 Å². The lowest BCUT2D eigenvalue weighted by atomic mass is 9.91. The lowest BCUT2D eigenvalue weighted by Gasteiger charge is -2.26. The molecule has 2 atom stereocenters. The summed E-state index contributed by atoms with van der Waals surface area (Å²) < 4.78 is 1.12. The summed E-state index contributed by atoms with van der Waals surface area (Å²) >= 11 is 5.53. The second-order valence-electron chi connectivity index (χ2n) is 4.97. The average Bonchev–Trinajstić information content (AvgIpc) is 2.31. The van der Waals surface area contributed by atoms with Crippen molar-refractivity contribution in [2.75, 3.05) is 0 Å². The van der Waals surface area contributed by atoms with Crippen LogP contribution in [0, 0.1) is 5.92 Å². The van der Waals surface area contributed by atoms with Crippen LogP contribution < -0.4 is 5.73 Å². The highest BCUT2D eigenvalue weighted by Crippen LogP contribution is 2.37. The second-order valence-corrected chi connectivity index (χ2v) is 7.23. The van der Waals surface area contributed by atoms with Crippen molar-refractivity contribution >= 4 is 27.7 Å². The van der Waals surface area contributed by atoms with Crippen molar-refractivity contribution in [3.05, 3.63) is 28.2 Å². The zero-order valence-electron chi connectivity index (χ0n) is 10.3. The molecule has 1 aromatic rings. The topological polar surface area (TPSA) is 26.0 Å². The average molecular weight is 314 g/mol. The monoisotopic (exact) mass is 313 g/mol. The molecule has 0 saturated heterocycles. The predicted molar refractivity (Wildman–Crippen MR) is 79.3 cm³/mol. The minimum absolute atomic E-state index is 0.629. The van der Waals surface area contributed by atoms with E-state index >= 15 is 0 Å². The van der Waals surface area contributed by atoms with Crippen LogP contribution in [0.5, 0.6) is 0 Å². The number of halogens is 1. The van der Waals surface area contributed by atoms with E-state index in [9.17, 15) is 0 Å². The zero-order chi connectivity index (χ0) is 12.3. The second kappa shape index (κ2) is 6.26. The summed E-state index contributed by atoms with van der Waals surface area (Å²) in [6, 6.07) is 6.47. The molecule has 3 heteroatoms. The van der Waals surface area contributed by atoms with Gasteiger partial charge in [0, 0.05) is 21.2 Å². The molecule has 17 heavy (non-hydrogen) atoms. The molecule has 0 amide bonds. The fourth-order valence-corrected chi connectivity index (χ4v) is 4.40. The number of nitrogens with two attached hydrogens (primary N) is 1. The maximum Gasteiger partial charge on any atom is 0.0189 e. The third kappa shape index (κ3) is 3.73. The van der Waals surface area contributed by atoms with Crippen molar-refractivity contribution in [3.8, 4) is 0 Å². The van der Waals surface area contributed by atoms with Gasteiger partial charge in [-0.15, -0.1) is 11.8 Å².